The fourth-order valence-corrected chi connectivity index (χ4v) is 6.16. The molecular weight excluding hydrogens is 757 g/mol. The monoisotopic (exact) mass is 795 g/mol. The van der Waals surface area contributed by atoms with Crippen LogP contribution in [0.3, 0.4) is 0 Å². The van der Waals surface area contributed by atoms with Crippen LogP contribution in [0.1, 0.15) is 33.4 Å². The van der Waals surface area contributed by atoms with E-state index in [4.69, 9.17) is 25.8 Å². The number of aromatic nitrogens is 1. The molecule has 1 amide bonds. The highest BCUT2D eigenvalue weighted by Crippen LogP contribution is 2.34. The van der Waals surface area contributed by atoms with Crippen LogP contribution in [0.4, 0.5) is 17.6 Å². The molecule has 1 saturated heterocycles. The summed E-state index contributed by atoms with van der Waals surface area (Å²) in [6.45, 7) is 6.02. The van der Waals surface area contributed by atoms with E-state index in [9.17, 15) is 22.4 Å². The second-order valence-corrected chi connectivity index (χ2v) is 13.3. The van der Waals surface area contributed by atoms with Gasteiger partial charge in [0.2, 0.25) is 11.8 Å². The number of amides is 1. The summed E-state index contributed by atoms with van der Waals surface area (Å²) >= 11 is 6.58. The molecule has 1 aromatic heterocycles. The van der Waals surface area contributed by atoms with Gasteiger partial charge in [0, 0.05) is 51.3 Å². The minimum absolute atomic E-state index is 0. The summed E-state index contributed by atoms with van der Waals surface area (Å²) in [5.41, 5.74) is 3.74. The van der Waals surface area contributed by atoms with E-state index < -0.39 is 11.7 Å². The Morgan fingerprint density at radius 3 is 2.13 bits per heavy atom. The van der Waals surface area contributed by atoms with Crippen LogP contribution in [-0.4, -0.2) is 53.5 Å². The van der Waals surface area contributed by atoms with Crippen molar-refractivity contribution in [1.82, 2.24) is 14.8 Å². The van der Waals surface area contributed by atoms with Crippen molar-refractivity contribution >= 4 is 36.0 Å². The number of hydrogen-bond acceptors (Lipinski definition) is 6. The summed E-state index contributed by atoms with van der Waals surface area (Å²) < 4.78 is 68.8. The number of carbonyl (C=O) groups is 1. The Kier molecular flexibility index (Phi) is 14.2. The second-order valence-electron chi connectivity index (χ2n) is 12.9. The third kappa shape index (κ3) is 11.9. The molecule has 0 atom stereocenters. The average Bonchev–Trinajstić information content (AvgIpc) is 3.16. The van der Waals surface area contributed by atoms with E-state index in [0.29, 0.717) is 47.5 Å². The first-order valence-corrected chi connectivity index (χ1v) is 17.7. The molecule has 288 valence electrons. The lowest BCUT2D eigenvalue weighted by molar-refractivity contribution is -0.137. The van der Waals surface area contributed by atoms with E-state index in [2.05, 4.69) is 34.1 Å². The highest BCUT2D eigenvalue weighted by molar-refractivity contribution is 6.32. The van der Waals surface area contributed by atoms with Gasteiger partial charge in [-0.3, -0.25) is 9.69 Å². The van der Waals surface area contributed by atoms with Crippen LogP contribution in [0.2, 0.25) is 5.02 Å². The summed E-state index contributed by atoms with van der Waals surface area (Å²) in [4.78, 5) is 21.5. The first-order valence-electron chi connectivity index (χ1n) is 17.4. The van der Waals surface area contributed by atoms with Gasteiger partial charge in [-0.15, -0.1) is 12.4 Å². The van der Waals surface area contributed by atoms with Crippen LogP contribution < -0.4 is 14.2 Å². The third-order valence-corrected chi connectivity index (χ3v) is 9.14. The Morgan fingerprint density at radius 1 is 0.836 bits per heavy atom. The van der Waals surface area contributed by atoms with Crippen LogP contribution in [0.25, 0.3) is 6.08 Å². The molecule has 0 saturated carbocycles. The average molecular weight is 797 g/mol. The molecule has 2 heterocycles. The summed E-state index contributed by atoms with van der Waals surface area (Å²) in [7, 11) is 0. The highest BCUT2D eigenvalue weighted by Gasteiger charge is 2.30. The van der Waals surface area contributed by atoms with Gasteiger partial charge in [-0.2, -0.15) is 13.2 Å². The maximum atomic E-state index is 13.1. The molecular formula is C42H39Cl2F4N3O4. The van der Waals surface area contributed by atoms with Crippen molar-refractivity contribution in [2.24, 2.45) is 0 Å². The maximum absolute atomic E-state index is 13.1. The topological polar surface area (TPSA) is 64.1 Å². The number of piperazine rings is 1. The van der Waals surface area contributed by atoms with Gasteiger partial charge in [-0.1, -0.05) is 48.0 Å². The molecule has 0 unspecified atom stereocenters. The molecule has 1 aliphatic heterocycles. The van der Waals surface area contributed by atoms with Gasteiger partial charge < -0.3 is 19.1 Å². The Bertz CT molecular complexity index is 2010. The molecule has 7 nitrogen and oxygen atoms in total. The number of alkyl halides is 3. The summed E-state index contributed by atoms with van der Waals surface area (Å²) in [6, 6.07) is 26.1. The van der Waals surface area contributed by atoms with E-state index in [0.717, 1.165) is 54.9 Å². The Labute approximate surface area is 328 Å². The van der Waals surface area contributed by atoms with Crippen molar-refractivity contribution in [1.29, 1.82) is 0 Å². The van der Waals surface area contributed by atoms with Gasteiger partial charge in [0.05, 0.1) is 23.4 Å². The number of halogens is 6. The first kappa shape index (κ1) is 41.1. The number of aryl methyl sites for hydroxylation is 1. The molecule has 0 N–H and O–H groups in total. The molecule has 55 heavy (non-hydrogen) atoms. The quantitative estimate of drug-likeness (QED) is 0.0874. The molecule has 1 aliphatic rings. The molecule has 0 radical (unpaired) electrons. The van der Waals surface area contributed by atoms with Crippen molar-refractivity contribution < 1.29 is 36.6 Å². The lowest BCUT2D eigenvalue weighted by Crippen LogP contribution is -2.47. The van der Waals surface area contributed by atoms with E-state index in [1.807, 2.05) is 17.9 Å². The van der Waals surface area contributed by atoms with Crippen molar-refractivity contribution in [2.75, 3.05) is 32.8 Å². The molecule has 0 spiro atoms. The standard InChI is InChI=1S/C42H38ClF4N3O4.ClH/c1-29-24-33(25-38(43)41(29)54-39-16-15-37(26-48-39)53-28-32-6-9-34(10-7-32)42(45,46)47)8-17-40(51)50-21-19-49(20-22-50)27-31-4-2-30(3-5-31)18-23-52-36-13-11-35(44)12-14-36;/h2-17,24-26H,18-23,27-28H2,1H3;1H/b17-8+;. The lowest BCUT2D eigenvalue weighted by Gasteiger charge is -2.34. The minimum Gasteiger partial charge on any atom is -0.493 e. The zero-order valence-corrected chi connectivity index (χ0v) is 31.5. The van der Waals surface area contributed by atoms with Crippen molar-refractivity contribution in [3.8, 4) is 23.1 Å². The second kappa shape index (κ2) is 19.0. The Hall–Kier alpha value is -5.10. The largest absolute Gasteiger partial charge is 0.493 e. The van der Waals surface area contributed by atoms with Crippen LogP contribution in [-0.2, 0) is 30.5 Å². The summed E-state index contributed by atoms with van der Waals surface area (Å²) in [5, 5.41) is 0.353. The number of benzene rings is 4. The van der Waals surface area contributed by atoms with Crippen LogP contribution in [0, 0.1) is 12.7 Å². The first-order chi connectivity index (χ1) is 26.0. The van der Waals surface area contributed by atoms with Gasteiger partial charge in [-0.25, -0.2) is 9.37 Å². The van der Waals surface area contributed by atoms with Crippen molar-refractivity contribution in [3.05, 3.63) is 154 Å². The van der Waals surface area contributed by atoms with Crippen molar-refractivity contribution in [3.63, 3.8) is 0 Å². The van der Waals surface area contributed by atoms with Crippen LogP contribution >= 0.6 is 24.0 Å². The molecule has 13 heteroatoms. The minimum atomic E-state index is -4.39. The van der Waals surface area contributed by atoms with E-state index >= 15 is 0 Å². The van der Waals surface area contributed by atoms with Gasteiger partial charge in [0.1, 0.15) is 23.9 Å². The van der Waals surface area contributed by atoms with Gasteiger partial charge in [0.15, 0.2) is 5.75 Å². The highest BCUT2D eigenvalue weighted by atomic mass is 35.5. The van der Waals surface area contributed by atoms with Gasteiger partial charge in [0.25, 0.3) is 0 Å². The predicted molar refractivity (Wildman–Crippen MR) is 206 cm³/mol. The zero-order valence-electron chi connectivity index (χ0n) is 29.9. The normalized spacial score (nSPS) is 13.4. The molecule has 1 fully saturated rings. The van der Waals surface area contributed by atoms with E-state index in [-0.39, 0.29) is 36.6 Å². The number of ether oxygens (including phenoxy) is 3. The number of carbonyl (C=O) groups excluding carboxylic acids is 1. The lowest BCUT2D eigenvalue weighted by atomic mass is 10.1. The molecule has 5 aromatic rings. The Balaban J connectivity index is 0.00000580. The molecule has 4 aromatic carbocycles. The molecule has 0 aliphatic carbocycles. The Morgan fingerprint density at radius 2 is 1.49 bits per heavy atom. The number of nitrogens with zero attached hydrogens (tertiary/aromatic N) is 3. The SMILES string of the molecule is Cc1cc(/C=C/C(=O)N2CCN(Cc3ccc(CCOc4ccc(F)cc4)cc3)CC2)cc(Cl)c1Oc1ccc(OCc2ccc(C(F)(F)F)cc2)cn1.Cl. The smallest absolute Gasteiger partial charge is 0.416 e. The summed E-state index contributed by atoms with van der Waals surface area (Å²) in [5.74, 6) is 1.42. The third-order valence-electron chi connectivity index (χ3n) is 8.86. The van der Waals surface area contributed by atoms with E-state index in [1.165, 1.54) is 36.0 Å². The van der Waals surface area contributed by atoms with Gasteiger partial charge >= 0.3 is 6.18 Å². The molecule has 0 bridgehead atoms. The van der Waals surface area contributed by atoms with Crippen molar-refractivity contribution in [2.45, 2.75) is 32.7 Å². The zero-order chi connectivity index (χ0) is 38.1. The molecule has 6 rings (SSSR count). The number of pyridine rings is 1. The maximum Gasteiger partial charge on any atom is 0.416 e. The van der Waals surface area contributed by atoms with Crippen LogP contribution in [0.5, 0.6) is 23.1 Å². The fourth-order valence-electron chi connectivity index (χ4n) is 5.84. The van der Waals surface area contributed by atoms with Gasteiger partial charge in [-0.05, 0) is 95.4 Å². The fraction of sp³-hybridized carbons (Fsp3) is 0.238. The predicted octanol–water partition coefficient (Wildman–Crippen LogP) is 9.97. The number of hydrogen-bond donors (Lipinski definition) is 0. The van der Waals surface area contributed by atoms with Crippen LogP contribution in [0.15, 0.2) is 109 Å². The van der Waals surface area contributed by atoms with E-state index in [1.54, 1.807) is 42.5 Å². The summed E-state index contributed by atoms with van der Waals surface area (Å²) in [6.07, 6.45) is 1.12. The number of rotatable bonds is 13.